The van der Waals surface area contributed by atoms with Crippen molar-refractivity contribution < 1.29 is 27.1 Å². The molecule has 46 heavy (non-hydrogen) atoms. The van der Waals surface area contributed by atoms with Crippen LogP contribution in [0, 0.1) is 5.82 Å². The molecule has 242 valence electrons. The van der Waals surface area contributed by atoms with Gasteiger partial charge in [0.25, 0.3) is 10.0 Å². The van der Waals surface area contributed by atoms with Gasteiger partial charge in [-0.25, -0.2) is 12.8 Å². The Balaban J connectivity index is 1.83. The Morgan fingerprint density at radius 2 is 1.57 bits per heavy atom. The minimum Gasteiger partial charge on any atom is -0.497 e. The topological polar surface area (TPSA) is 96.0 Å². The summed E-state index contributed by atoms with van der Waals surface area (Å²) in [6, 6.07) is 26.3. The summed E-state index contributed by atoms with van der Waals surface area (Å²) in [5.74, 6) is -1.21. The first-order valence-electron chi connectivity index (χ1n) is 14.8. The number of hydrogen-bond acceptors (Lipinski definition) is 5. The van der Waals surface area contributed by atoms with E-state index in [1.165, 1.54) is 30.2 Å². The average Bonchev–Trinajstić information content (AvgIpc) is 3.07. The Hall–Kier alpha value is -4.41. The molecule has 11 heteroatoms. The number of halogens is 2. The molecule has 0 aromatic heterocycles. The summed E-state index contributed by atoms with van der Waals surface area (Å²) in [5.41, 5.74) is 1.48. The van der Waals surface area contributed by atoms with Crippen molar-refractivity contribution in [3.8, 4) is 5.75 Å². The molecule has 4 aromatic carbocycles. The van der Waals surface area contributed by atoms with Gasteiger partial charge in [0.1, 0.15) is 24.2 Å². The minimum atomic E-state index is -4.34. The van der Waals surface area contributed by atoms with Gasteiger partial charge in [-0.2, -0.15) is 0 Å². The average molecular weight is 666 g/mol. The number of amides is 2. The van der Waals surface area contributed by atoms with E-state index in [1.807, 2.05) is 44.2 Å². The molecular weight excluding hydrogens is 629 g/mol. The summed E-state index contributed by atoms with van der Waals surface area (Å²) in [6.45, 7) is 3.10. The van der Waals surface area contributed by atoms with Crippen molar-refractivity contribution in [3.05, 3.63) is 125 Å². The SMILES string of the molecule is CC[C@@H](C)NC(=O)[C@H](Cc1ccccc1)N(Cc1cccc(OC)c1)C(=O)CN(c1ccc(F)c(Cl)c1)S(=O)(=O)c1ccccc1. The number of ether oxygens (including phenoxy) is 1. The number of benzene rings is 4. The number of anilines is 1. The van der Waals surface area contributed by atoms with Crippen molar-refractivity contribution in [3.63, 3.8) is 0 Å². The quantitative estimate of drug-likeness (QED) is 0.172. The summed E-state index contributed by atoms with van der Waals surface area (Å²) in [7, 11) is -2.81. The summed E-state index contributed by atoms with van der Waals surface area (Å²) >= 11 is 6.08. The third-order valence-electron chi connectivity index (χ3n) is 7.56. The fraction of sp³-hybridized carbons (Fsp3) is 0.257. The maximum atomic E-state index is 14.5. The summed E-state index contributed by atoms with van der Waals surface area (Å²) in [6.07, 6.45) is 0.842. The van der Waals surface area contributed by atoms with E-state index in [1.54, 1.807) is 42.5 Å². The normalized spacial score (nSPS) is 12.5. The van der Waals surface area contributed by atoms with Gasteiger partial charge in [0.05, 0.1) is 22.7 Å². The van der Waals surface area contributed by atoms with Crippen LogP contribution in [0.4, 0.5) is 10.1 Å². The van der Waals surface area contributed by atoms with Crippen molar-refractivity contribution in [1.29, 1.82) is 0 Å². The number of nitrogens with one attached hydrogen (secondary N) is 1. The van der Waals surface area contributed by atoms with Crippen molar-refractivity contribution in [2.45, 2.75) is 50.2 Å². The lowest BCUT2D eigenvalue weighted by Crippen LogP contribution is -2.54. The molecule has 0 radical (unpaired) electrons. The molecule has 0 unspecified atom stereocenters. The van der Waals surface area contributed by atoms with Gasteiger partial charge in [-0.1, -0.05) is 79.2 Å². The van der Waals surface area contributed by atoms with Crippen LogP contribution in [0.3, 0.4) is 0 Å². The zero-order valence-electron chi connectivity index (χ0n) is 25.9. The van der Waals surface area contributed by atoms with E-state index in [9.17, 15) is 22.4 Å². The van der Waals surface area contributed by atoms with Crippen LogP contribution in [0.5, 0.6) is 5.75 Å². The number of nitrogens with zero attached hydrogens (tertiary/aromatic N) is 2. The Morgan fingerprint density at radius 1 is 0.913 bits per heavy atom. The van der Waals surface area contributed by atoms with Crippen LogP contribution < -0.4 is 14.4 Å². The first kappa shape index (κ1) is 34.5. The number of sulfonamides is 1. The largest absolute Gasteiger partial charge is 0.497 e. The molecule has 4 aromatic rings. The Morgan fingerprint density at radius 3 is 2.20 bits per heavy atom. The van der Waals surface area contributed by atoms with Crippen LogP contribution in [-0.2, 0) is 32.6 Å². The highest BCUT2D eigenvalue weighted by atomic mass is 35.5. The smallest absolute Gasteiger partial charge is 0.264 e. The zero-order chi connectivity index (χ0) is 33.3. The van der Waals surface area contributed by atoms with Crippen molar-refractivity contribution in [2.24, 2.45) is 0 Å². The molecular formula is C35H37ClFN3O5S. The monoisotopic (exact) mass is 665 g/mol. The Bertz CT molecular complexity index is 1740. The first-order valence-corrected chi connectivity index (χ1v) is 16.6. The van der Waals surface area contributed by atoms with Crippen molar-refractivity contribution in [2.75, 3.05) is 18.0 Å². The van der Waals surface area contributed by atoms with Crippen LogP contribution >= 0.6 is 11.6 Å². The highest BCUT2D eigenvalue weighted by Crippen LogP contribution is 2.29. The van der Waals surface area contributed by atoms with Crippen LogP contribution in [0.25, 0.3) is 0 Å². The van der Waals surface area contributed by atoms with E-state index >= 15 is 0 Å². The second-order valence-electron chi connectivity index (χ2n) is 10.8. The fourth-order valence-electron chi connectivity index (χ4n) is 4.85. The molecule has 0 saturated carbocycles. The number of carbonyl (C=O) groups is 2. The number of rotatable bonds is 14. The van der Waals surface area contributed by atoms with Crippen LogP contribution in [0.15, 0.2) is 108 Å². The third-order valence-corrected chi connectivity index (χ3v) is 9.64. The second-order valence-corrected chi connectivity index (χ2v) is 13.1. The molecule has 0 fully saturated rings. The van der Waals surface area contributed by atoms with Gasteiger partial charge in [-0.05, 0) is 66.9 Å². The fourth-order valence-corrected chi connectivity index (χ4v) is 6.45. The van der Waals surface area contributed by atoms with E-state index in [0.29, 0.717) is 17.7 Å². The molecule has 4 rings (SSSR count). The summed E-state index contributed by atoms with van der Waals surface area (Å²) in [5, 5.41) is 2.70. The zero-order valence-corrected chi connectivity index (χ0v) is 27.5. The summed E-state index contributed by atoms with van der Waals surface area (Å²) in [4.78, 5) is 29.7. The van der Waals surface area contributed by atoms with E-state index in [-0.39, 0.29) is 40.5 Å². The lowest BCUT2D eigenvalue weighted by atomic mass is 10.0. The molecule has 8 nitrogen and oxygen atoms in total. The van der Waals surface area contributed by atoms with E-state index < -0.39 is 34.3 Å². The van der Waals surface area contributed by atoms with Gasteiger partial charge in [0.2, 0.25) is 11.8 Å². The molecule has 0 aliphatic rings. The molecule has 0 spiro atoms. The van der Waals surface area contributed by atoms with Crippen LogP contribution in [0.2, 0.25) is 5.02 Å². The summed E-state index contributed by atoms with van der Waals surface area (Å²) < 4.78 is 48.5. The molecule has 2 atom stereocenters. The predicted octanol–water partition coefficient (Wildman–Crippen LogP) is 6.24. The number of hydrogen-bond donors (Lipinski definition) is 1. The molecule has 0 heterocycles. The second kappa shape index (κ2) is 15.7. The van der Waals surface area contributed by atoms with E-state index in [2.05, 4.69) is 5.32 Å². The lowest BCUT2D eigenvalue weighted by Gasteiger charge is -2.34. The molecule has 0 aliphatic carbocycles. The van der Waals surface area contributed by atoms with Crippen LogP contribution in [-0.4, -0.2) is 50.9 Å². The van der Waals surface area contributed by atoms with E-state index in [0.717, 1.165) is 22.0 Å². The molecule has 2 amide bonds. The predicted molar refractivity (Wildman–Crippen MR) is 178 cm³/mol. The molecule has 0 saturated heterocycles. The van der Waals surface area contributed by atoms with E-state index in [4.69, 9.17) is 16.3 Å². The van der Waals surface area contributed by atoms with Crippen molar-refractivity contribution >= 4 is 39.1 Å². The molecule has 0 bridgehead atoms. The van der Waals surface area contributed by atoms with Gasteiger partial charge in [0, 0.05) is 19.0 Å². The standard InChI is InChI=1S/C35H37ClFN3O5S/c1-4-25(2)38-35(42)33(21-26-12-7-5-8-13-26)39(23-27-14-11-15-29(20-27)45-3)34(41)24-40(28-18-19-32(37)31(36)22-28)46(43,44)30-16-9-6-10-17-30/h5-20,22,25,33H,4,21,23-24H2,1-3H3,(H,38,42)/t25-,33+/m1/s1. The van der Waals surface area contributed by atoms with Crippen molar-refractivity contribution in [1.82, 2.24) is 10.2 Å². The van der Waals surface area contributed by atoms with Gasteiger partial charge in [0.15, 0.2) is 0 Å². The number of carbonyl (C=O) groups excluding carboxylic acids is 2. The van der Waals surface area contributed by atoms with Gasteiger partial charge in [-0.3, -0.25) is 13.9 Å². The first-order chi connectivity index (χ1) is 22.0. The Kier molecular flexibility index (Phi) is 11.8. The maximum Gasteiger partial charge on any atom is 0.264 e. The van der Waals surface area contributed by atoms with Gasteiger partial charge < -0.3 is 15.0 Å². The maximum absolute atomic E-state index is 14.5. The Labute approximate surface area is 274 Å². The molecule has 1 N–H and O–H groups in total. The van der Waals surface area contributed by atoms with Crippen LogP contribution in [0.1, 0.15) is 31.4 Å². The van der Waals surface area contributed by atoms with Gasteiger partial charge in [-0.15, -0.1) is 0 Å². The third kappa shape index (κ3) is 8.64. The van der Waals surface area contributed by atoms with Gasteiger partial charge >= 0.3 is 0 Å². The lowest BCUT2D eigenvalue weighted by molar-refractivity contribution is -0.140. The highest BCUT2D eigenvalue weighted by molar-refractivity contribution is 7.92. The molecule has 0 aliphatic heterocycles. The minimum absolute atomic E-state index is 0.00593. The highest BCUT2D eigenvalue weighted by Gasteiger charge is 2.35. The number of methoxy groups -OCH3 is 1.